The Morgan fingerprint density at radius 1 is 1.36 bits per heavy atom. The van der Waals surface area contributed by atoms with Crippen LogP contribution in [-0.4, -0.2) is 39.8 Å². The zero-order valence-corrected chi connectivity index (χ0v) is 16.7. The largest absolute Gasteiger partial charge is 0.490 e. The number of rotatable bonds is 5. The highest BCUT2D eigenvalue weighted by atomic mass is 32.2. The number of hydrogen-bond donors (Lipinski definition) is 0. The van der Waals surface area contributed by atoms with Crippen LogP contribution in [0.15, 0.2) is 47.5 Å². The Balaban J connectivity index is 1.99. The number of amides is 1. The third kappa shape index (κ3) is 4.01. The number of amidine groups is 1. The molecule has 1 aliphatic rings. The molecule has 28 heavy (non-hydrogen) atoms. The van der Waals surface area contributed by atoms with Crippen LogP contribution in [-0.2, 0) is 0 Å². The summed E-state index contributed by atoms with van der Waals surface area (Å²) in [4.78, 5) is 30.3. The lowest BCUT2D eigenvalue weighted by Crippen LogP contribution is -2.39. The Kier molecular flexibility index (Phi) is 5.99. The molecule has 146 valence electrons. The van der Waals surface area contributed by atoms with Gasteiger partial charge in [-0.15, -0.1) is 0 Å². The van der Waals surface area contributed by atoms with Gasteiger partial charge in [0.15, 0.2) is 10.9 Å². The zero-order valence-electron chi connectivity index (χ0n) is 15.9. The van der Waals surface area contributed by atoms with Gasteiger partial charge in [0.1, 0.15) is 0 Å². The van der Waals surface area contributed by atoms with Gasteiger partial charge in [0, 0.05) is 23.4 Å². The van der Waals surface area contributed by atoms with Crippen molar-refractivity contribution in [1.82, 2.24) is 4.90 Å². The molecule has 1 amide bonds. The second-order valence-corrected chi connectivity index (χ2v) is 7.41. The van der Waals surface area contributed by atoms with Gasteiger partial charge in [0.2, 0.25) is 0 Å². The molecule has 1 unspecified atom stereocenters. The minimum absolute atomic E-state index is 0.0118. The van der Waals surface area contributed by atoms with Crippen LogP contribution in [0, 0.1) is 17.0 Å². The third-order valence-corrected chi connectivity index (χ3v) is 5.61. The second kappa shape index (κ2) is 8.43. The molecule has 0 aliphatic carbocycles. The predicted octanol–water partition coefficient (Wildman–Crippen LogP) is 4.57. The van der Waals surface area contributed by atoms with Crippen LogP contribution in [0.2, 0.25) is 0 Å². The van der Waals surface area contributed by atoms with Crippen molar-refractivity contribution >= 4 is 34.2 Å². The first-order valence-electron chi connectivity index (χ1n) is 8.88. The van der Waals surface area contributed by atoms with Gasteiger partial charge in [0.25, 0.3) is 5.91 Å². The van der Waals surface area contributed by atoms with E-state index in [4.69, 9.17) is 4.74 Å². The lowest BCUT2D eigenvalue weighted by Gasteiger charge is -2.23. The quantitative estimate of drug-likeness (QED) is 0.543. The molecule has 2 aromatic rings. The number of methoxy groups -OCH3 is 1. The van der Waals surface area contributed by atoms with Crippen LogP contribution >= 0.6 is 11.8 Å². The number of thioether (sulfide) groups is 1. The molecular weight excluding hydrogens is 378 g/mol. The van der Waals surface area contributed by atoms with E-state index in [1.807, 2.05) is 38.1 Å². The van der Waals surface area contributed by atoms with Crippen molar-refractivity contribution in [3.63, 3.8) is 0 Å². The van der Waals surface area contributed by atoms with E-state index in [2.05, 4.69) is 4.99 Å². The van der Waals surface area contributed by atoms with Gasteiger partial charge >= 0.3 is 5.69 Å². The van der Waals surface area contributed by atoms with E-state index in [1.165, 1.54) is 31.0 Å². The van der Waals surface area contributed by atoms with Gasteiger partial charge in [-0.1, -0.05) is 30.8 Å². The molecule has 3 rings (SSSR count). The number of ether oxygens (including phenoxy) is 1. The van der Waals surface area contributed by atoms with Crippen molar-refractivity contribution in [2.75, 3.05) is 12.9 Å². The van der Waals surface area contributed by atoms with Gasteiger partial charge in [-0.2, -0.15) is 0 Å². The summed E-state index contributed by atoms with van der Waals surface area (Å²) in [5.41, 5.74) is 1.87. The van der Waals surface area contributed by atoms with Crippen LogP contribution in [0.3, 0.4) is 0 Å². The van der Waals surface area contributed by atoms with Crippen LogP contribution < -0.4 is 4.74 Å². The van der Waals surface area contributed by atoms with E-state index in [1.54, 1.807) is 11.0 Å². The number of carbonyl (C=O) groups is 1. The molecule has 0 bridgehead atoms. The Hall–Kier alpha value is -2.87. The van der Waals surface area contributed by atoms with Crippen LogP contribution in [0.5, 0.6) is 5.75 Å². The van der Waals surface area contributed by atoms with E-state index in [0.29, 0.717) is 5.17 Å². The molecule has 7 nitrogen and oxygen atoms in total. The lowest BCUT2D eigenvalue weighted by atomic mass is 10.1. The van der Waals surface area contributed by atoms with Crippen molar-refractivity contribution in [1.29, 1.82) is 0 Å². The topological polar surface area (TPSA) is 85.0 Å². The summed E-state index contributed by atoms with van der Waals surface area (Å²) < 4.78 is 5.03. The first kappa shape index (κ1) is 19.9. The maximum absolute atomic E-state index is 13.2. The molecule has 0 saturated carbocycles. The van der Waals surface area contributed by atoms with E-state index in [0.717, 1.165) is 23.4 Å². The average Bonchev–Trinajstić information content (AvgIpc) is 3.09. The SMILES string of the molecule is CCC1CSC(=Nc2cccc(C)c2)N1C(=O)c1ccc(OC)c([N+](=O)[O-])c1. The zero-order chi connectivity index (χ0) is 20.3. The summed E-state index contributed by atoms with van der Waals surface area (Å²) in [5.74, 6) is 0.567. The van der Waals surface area contributed by atoms with Gasteiger partial charge in [-0.25, -0.2) is 4.99 Å². The molecule has 8 heteroatoms. The molecular formula is C20H21N3O4S. The van der Waals surface area contributed by atoms with Crippen LogP contribution in [0.25, 0.3) is 0 Å². The van der Waals surface area contributed by atoms with Crippen LogP contribution in [0.4, 0.5) is 11.4 Å². The average molecular weight is 399 g/mol. The Labute approximate surface area is 167 Å². The number of nitrogens with zero attached hydrogens (tertiary/aromatic N) is 3. The van der Waals surface area contributed by atoms with Gasteiger partial charge < -0.3 is 4.74 Å². The summed E-state index contributed by atoms with van der Waals surface area (Å²) in [6.07, 6.45) is 0.768. The fourth-order valence-corrected chi connectivity index (χ4v) is 4.29. The van der Waals surface area contributed by atoms with Crippen LogP contribution in [0.1, 0.15) is 29.3 Å². The van der Waals surface area contributed by atoms with Gasteiger partial charge in [0.05, 0.1) is 17.7 Å². The lowest BCUT2D eigenvalue weighted by molar-refractivity contribution is -0.385. The van der Waals surface area contributed by atoms with E-state index in [-0.39, 0.29) is 28.9 Å². The van der Waals surface area contributed by atoms with Crippen molar-refractivity contribution in [3.05, 3.63) is 63.7 Å². The van der Waals surface area contributed by atoms with E-state index >= 15 is 0 Å². The van der Waals surface area contributed by atoms with Crippen molar-refractivity contribution in [2.24, 2.45) is 4.99 Å². The Morgan fingerprint density at radius 3 is 2.79 bits per heavy atom. The monoisotopic (exact) mass is 399 g/mol. The predicted molar refractivity (Wildman–Crippen MR) is 111 cm³/mol. The number of nitro groups is 1. The van der Waals surface area contributed by atoms with Crippen molar-refractivity contribution in [2.45, 2.75) is 26.3 Å². The number of carbonyl (C=O) groups excluding carboxylic acids is 1. The minimum atomic E-state index is -0.548. The highest BCUT2D eigenvalue weighted by Gasteiger charge is 2.35. The van der Waals surface area contributed by atoms with E-state index in [9.17, 15) is 14.9 Å². The molecule has 0 aromatic heterocycles. The third-order valence-electron chi connectivity index (χ3n) is 4.51. The Morgan fingerprint density at radius 2 is 2.14 bits per heavy atom. The first-order valence-corrected chi connectivity index (χ1v) is 9.87. The van der Waals surface area contributed by atoms with Gasteiger partial charge in [-0.3, -0.25) is 19.8 Å². The number of aliphatic imine (C=N–C) groups is 1. The number of aryl methyl sites for hydroxylation is 1. The van der Waals surface area contributed by atoms with Gasteiger partial charge in [-0.05, 0) is 43.2 Å². The maximum Gasteiger partial charge on any atom is 0.311 e. The summed E-state index contributed by atoms with van der Waals surface area (Å²) in [7, 11) is 1.36. The molecule has 1 fully saturated rings. The minimum Gasteiger partial charge on any atom is -0.490 e. The summed E-state index contributed by atoms with van der Waals surface area (Å²) in [6, 6.07) is 12.0. The maximum atomic E-state index is 13.2. The summed E-state index contributed by atoms with van der Waals surface area (Å²) in [5, 5.41) is 11.9. The second-order valence-electron chi connectivity index (χ2n) is 6.43. The van der Waals surface area contributed by atoms with E-state index < -0.39 is 4.92 Å². The smallest absolute Gasteiger partial charge is 0.311 e. The molecule has 1 heterocycles. The molecule has 2 aromatic carbocycles. The fourth-order valence-electron chi connectivity index (χ4n) is 3.02. The highest BCUT2D eigenvalue weighted by Crippen LogP contribution is 2.33. The number of hydrogen-bond acceptors (Lipinski definition) is 6. The van der Waals surface area contributed by atoms with Crippen molar-refractivity contribution in [3.8, 4) is 5.75 Å². The summed E-state index contributed by atoms with van der Waals surface area (Å²) >= 11 is 1.52. The number of benzene rings is 2. The number of nitro benzene ring substituents is 1. The Bertz CT molecular complexity index is 945. The molecule has 0 spiro atoms. The molecule has 1 aliphatic heterocycles. The molecule has 1 saturated heterocycles. The molecule has 0 radical (unpaired) electrons. The highest BCUT2D eigenvalue weighted by molar-refractivity contribution is 8.14. The fraction of sp³-hybridized carbons (Fsp3) is 0.300. The standard InChI is InChI=1S/C20H21N3O4S/c1-4-16-12-28-20(21-15-7-5-6-13(2)10-15)22(16)19(24)14-8-9-18(27-3)17(11-14)23(25)26/h5-11,16H,4,12H2,1-3H3. The summed E-state index contributed by atoms with van der Waals surface area (Å²) in [6.45, 7) is 4.00. The van der Waals surface area contributed by atoms with Crippen molar-refractivity contribution < 1.29 is 14.5 Å². The molecule has 1 atom stereocenters. The molecule has 0 N–H and O–H groups in total. The normalized spacial score (nSPS) is 17.8. The first-order chi connectivity index (χ1) is 13.4.